The number of esters is 1. The van der Waals surface area contributed by atoms with Gasteiger partial charge in [-0.05, 0) is 18.2 Å². The number of fused-ring (bicyclic) bond motifs is 2. The molecule has 24 heavy (non-hydrogen) atoms. The summed E-state index contributed by atoms with van der Waals surface area (Å²) in [7, 11) is -3.57. The Hall–Kier alpha value is -2.25. The molecule has 0 unspecified atom stereocenters. The van der Waals surface area contributed by atoms with Crippen LogP contribution in [0.25, 0.3) is 0 Å². The maximum Gasteiger partial charge on any atom is 0.339 e. The Balaban J connectivity index is 1.60. The summed E-state index contributed by atoms with van der Waals surface area (Å²) in [4.78, 5) is 16.1. The van der Waals surface area contributed by atoms with Crippen molar-refractivity contribution in [3.8, 4) is 0 Å². The molecule has 0 atom stereocenters. The topological polar surface area (TPSA) is 76.6 Å². The number of ether oxygens (including phenoxy) is 1. The number of aromatic nitrogens is 1. The highest BCUT2D eigenvalue weighted by Crippen LogP contribution is 2.44. The van der Waals surface area contributed by atoms with Gasteiger partial charge in [0.05, 0.1) is 5.56 Å². The summed E-state index contributed by atoms with van der Waals surface area (Å²) in [5, 5.41) is 0. The van der Waals surface area contributed by atoms with Crippen molar-refractivity contribution in [2.75, 3.05) is 13.1 Å². The zero-order valence-corrected chi connectivity index (χ0v) is 13.7. The van der Waals surface area contributed by atoms with Gasteiger partial charge in [-0.25, -0.2) is 13.2 Å². The summed E-state index contributed by atoms with van der Waals surface area (Å²) in [6, 6.07) is 10.5. The molecule has 0 amide bonds. The second-order valence-corrected chi connectivity index (χ2v) is 7.96. The van der Waals surface area contributed by atoms with Crippen molar-refractivity contribution < 1.29 is 17.9 Å². The van der Waals surface area contributed by atoms with Crippen LogP contribution in [0.15, 0.2) is 53.7 Å². The zero-order valence-electron chi connectivity index (χ0n) is 12.9. The Labute approximate surface area is 140 Å². The van der Waals surface area contributed by atoms with Crippen molar-refractivity contribution >= 4 is 16.0 Å². The minimum Gasteiger partial charge on any atom is -0.450 e. The Morgan fingerprint density at radius 2 is 1.83 bits per heavy atom. The molecule has 0 radical (unpaired) electrons. The van der Waals surface area contributed by atoms with Crippen LogP contribution in [0.4, 0.5) is 0 Å². The van der Waals surface area contributed by atoms with E-state index in [0.29, 0.717) is 31.5 Å². The minimum absolute atomic E-state index is 0.185. The highest BCUT2D eigenvalue weighted by atomic mass is 32.2. The van der Waals surface area contributed by atoms with E-state index < -0.39 is 15.6 Å². The van der Waals surface area contributed by atoms with E-state index in [4.69, 9.17) is 4.74 Å². The zero-order chi connectivity index (χ0) is 16.8. The van der Waals surface area contributed by atoms with Gasteiger partial charge < -0.3 is 4.74 Å². The molecular formula is C17H16N2O4S. The molecule has 0 N–H and O–H groups in total. The lowest BCUT2D eigenvalue weighted by atomic mass is 9.84. The van der Waals surface area contributed by atoms with Crippen molar-refractivity contribution in [1.82, 2.24) is 9.29 Å². The molecule has 124 valence electrons. The molecule has 1 fully saturated rings. The summed E-state index contributed by atoms with van der Waals surface area (Å²) in [6.07, 6.45) is 3.80. The highest BCUT2D eigenvalue weighted by molar-refractivity contribution is 7.89. The quantitative estimate of drug-likeness (QED) is 0.778. The molecule has 1 aromatic heterocycles. The van der Waals surface area contributed by atoms with Gasteiger partial charge in [0, 0.05) is 43.9 Å². The fourth-order valence-corrected chi connectivity index (χ4v) is 4.86. The largest absolute Gasteiger partial charge is 0.450 e. The van der Waals surface area contributed by atoms with Gasteiger partial charge in [0.1, 0.15) is 10.5 Å². The van der Waals surface area contributed by atoms with Gasteiger partial charge in [-0.3, -0.25) is 4.98 Å². The molecule has 6 nitrogen and oxygen atoms in total. The van der Waals surface area contributed by atoms with Crippen molar-refractivity contribution in [1.29, 1.82) is 0 Å². The Morgan fingerprint density at radius 3 is 2.54 bits per heavy atom. The molecule has 2 aliphatic rings. The fourth-order valence-electron chi connectivity index (χ4n) is 3.45. The molecule has 1 spiro atoms. The molecule has 2 aliphatic heterocycles. The molecule has 1 saturated heterocycles. The molecule has 0 saturated carbocycles. The molecule has 3 heterocycles. The maximum atomic E-state index is 12.7. The first kappa shape index (κ1) is 15.3. The molecule has 0 bridgehead atoms. The predicted molar refractivity (Wildman–Crippen MR) is 85.8 cm³/mol. The number of hydrogen-bond donors (Lipinski definition) is 0. The van der Waals surface area contributed by atoms with E-state index >= 15 is 0 Å². The van der Waals surface area contributed by atoms with E-state index in [1.807, 2.05) is 12.1 Å². The normalized spacial score (nSPS) is 19.9. The van der Waals surface area contributed by atoms with Gasteiger partial charge in [0.2, 0.25) is 10.0 Å². The van der Waals surface area contributed by atoms with Gasteiger partial charge in [0.25, 0.3) is 0 Å². The van der Waals surface area contributed by atoms with Crippen molar-refractivity contribution in [3.63, 3.8) is 0 Å². The third-order valence-electron chi connectivity index (χ3n) is 4.73. The second kappa shape index (κ2) is 5.39. The summed E-state index contributed by atoms with van der Waals surface area (Å²) in [5.41, 5.74) is 0.753. The van der Waals surface area contributed by atoms with Crippen LogP contribution in [0.2, 0.25) is 0 Å². The number of piperidine rings is 1. The minimum atomic E-state index is -3.57. The smallest absolute Gasteiger partial charge is 0.339 e. The van der Waals surface area contributed by atoms with Crippen LogP contribution in [0.5, 0.6) is 0 Å². The third kappa shape index (κ3) is 2.23. The van der Waals surface area contributed by atoms with Crippen molar-refractivity contribution in [2.45, 2.75) is 23.3 Å². The van der Waals surface area contributed by atoms with Gasteiger partial charge in [0.15, 0.2) is 0 Å². The van der Waals surface area contributed by atoms with E-state index in [9.17, 15) is 13.2 Å². The number of hydrogen-bond acceptors (Lipinski definition) is 5. The van der Waals surface area contributed by atoms with Gasteiger partial charge in [-0.15, -0.1) is 0 Å². The lowest BCUT2D eigenvalue weighted by Gasteiger charge is -2.37. The number of rotatable bonds is 2. The van der Waals surface area contributed by atoms with Crippen LogP contribution in [0.1, 0.15) is 28.8 Å². The van der Waals surface area contributed by atoms with Crippen LogP contribution >= 0.6 is 0 Å². The lowest BCUT2D eigenvalue weighted by Crippen LogP contribution is -2.45. The molecule has 4 rings (SSSR count). The number of carbonyl (C=O) groups excluding carboxylic acids is 1. The Kier molecular flexibility index (Phi) is 3.43. The number of pyridine rings is 1. The van der Waals surface area contributed by atoms with Crippen molar-refractivity contribution in [2.24, 2.45) is 0 Å². The monoisotopic (exact) mass is 344 g/mol. The first-order valence-corrected chi connectivity index (χ1v) is 9.20. The third-order valence-corrected chi connectivity index (χ3v) is 6.61. The summed E-state index contributed by atoms with van der Waals surface area (Å²) in [6.45, 7) is 0.609. The van der Waals surface area contributed by atoms with Gasteiger partial charge >= 0.3 is 5.97 Å². The van der Waals surface area contributed by atoms with Gasteiger partial charge in [-0.1, -0.05) is 18.2 Å². The van der Waals surface area contributed by atoms with E-state index in [2.05, 4.69) is 4.98 Å². The van der Waals surface area contributed by atoms with Crippen molar-refractivity contribution in [3.05, 3.63) is 59.9 Å². The maximum absolute atomic E-state index is 12.7. The Bertz CT molecular complexity index is 888. The predicted octanol–water partition coefficient (Wildman–Crippen LogP) is 1.93. The summed E-state index contributed by atoms with van der Waals surface area (Å²) in [5.74, 6) is -0.325. The molecule has 0 aliphatic carbocycles. The van der Waals surface area contributed by atoms with Crippen LogP contribution < -0.4 is 0 Å². The van der Waals surface area contributed by atoms with E-state index in [1.54, 1.807) is 24.4 Å². The first-order valence-electron chi connectivity index (χ1n) is 7.76. The molecule has 2 aromatic rings. The standard InChI is InChI=1S/C17H16N2O4S/c20-16-14-5-1-2-6-15(14)17(23-16)7-10-19(11-8-17)24(21,22)13-4-3-9-18-12-13/h1-6,9,12H,7-8,10-11H2. The molecule has 1 aromatic carbocycles. The second-order valence-electron chi connectivity index (χ2n) is 6.02. The summed E-state index contributed by atoms with van der Waals surface area (Å²) < 4.78 is 32.4. The number of benzene rings is 1. The number of nitrogens with zero attached hydrogens (tertiary/aromatic N) is 2. The van der Waals surface area contributed by atoms with E-state index in [-0.39, 0.29) is 10.9 Å². The first-order chi connectivity index (χ1) is 11.5. The average Bonchev–Trinajstić information content (AvgIpc) is 2.89. The summed E-state index contributed by atoms with van der Waals surface area (Å²) >= 11 is 0. The van der Waals surface area contributed by atoms with Crippen LogP contribution in [0, 0.1) is 0 Å². The van der Waals surface area contributed by atoms with Crippen LogP contribution in [-0.2, 0) is 20.4 Å². The SMILES string of the molecule is O=C1OC2(CCN(S(=O)(=O)c3cccnc3)CC2)c2ccccc21. The highest BCUT2D eigenvalue weighted by Gasteiger charge is 2.48. The number of sulfonamides is 1. The van der Waals surface area contributed by atoms with E-state index in [0.717, 1.165) is 5.56 Å². The fraction of sp³-hybridized carbons (Fsp3) is 0.294. The molecular weight excluding hydrogens is 328 g/mol. The van der Waals surface area contributed by atoms with Crippen LogP contribution in [0.3, 0.4) is 0 Å². The molecule has 7 heteroatoms. The van der Waals surface area contributed by atoms with Crippen LogP contribution in [-0.4, -0.2) is 36.8 Å². The lowest BCUT2D eigenvalue weighted by molar-refractivity contribution is -0.0329. The number of carbonyl (C=O) groups is 1. The van der Waals surface area contributed by atoms with E-state index in [1.165, 1.54) is 16.6 Å². The Morgan fingerprint density at radius 1 is 1.08 bits per heavy atom. The van der Waals surface area contributed by atoms with Gasteiger partial charge in [-0.2, -0.15) is 4.31 Å². The average molecular weight is 344 g/mol.